The van der Waals surface area contributed by atoms with Gasteiger partial charge in [-0.25, -0.2) is 9.97 Å². The summed E-state index contributed by atoms with van der Waals surface area (Å²) < 4.78 is 0. The van der Waals surface area contributed by atoms with Gasteiger partial charge >= 0.3 is 0 Å². The van der Waals surface area contributed by atoms with Crippen molar-refractivity contribution in [2.45, 2.75) is 39.0 Å². The van der Waals surface area contributed by atoms with Gasteiger partial charge in [0.1, 0.15) is 5.69 Å². The second kappa shape index (κ2) is 6.84. The Bertz CT molecular complexity index is 623. The maximum Gasteiger partial charge on any atom is 0.100 e. The van der Waals surface area contributed by atoms with Crippen molar-refractivity contribution >= 4 is 11.3 Å². The molecule has 4 nitrogen and oxygen atoms in total. The van der Waals surface area contributed by atoms with Crippen molar-refractivity contribution < 1.29 is 0 Å². The number of piperidine rings is 1. The van der Waals surface area contributed by atoms with Gasteiger partial charge in [-0.15, -0.1) is 11.3 Å². The van der Waals surface area contributed by atoms with Crippen molar-refractivity contribution in [1.29, 1.82) is 0 Å². The van der Waals surface area contributed by atoms with E-state index in [1.54, 1.807) is 11.3 Å². The van der Waals surface area contributed by atoms with Crippen molar-refractivity contribution in [3.8, 4) is 10.6 Å². The van der Waals surface area contributed by atoms with E-state index in [1.165, 1.54) is 24.4 Å². The summed E-state index contributed by atoms with van der Waals surface area (Å²) in [5.41, 5.74) is 2.10. The molecule has 118 valence electrons. The monoisotopic (exact) mass is 316 g/mol. The summed E-state index contributed by atoms with van der Waals surface area (Å²) >= 11 is 1.75. The van der Waals surface area contributed by atoms with Crippen molar-refractivity contribution in [1.82, 2.24) is 19.9 Å². The molecule has 1 saturated heterocycles. The summed E-state index contributed by atoms with van der Waals surface area (Å²) in [6.45, 7) is 6.72. The lowest BCUT2D eigenvalue weighted by Crippen LogP contribution is -2.31. The topological polar surface area (TPSA) is 41.9 Å². The van der Waals surface area contributed by atoms with Gasteiger partial charge in [0.25, 0.3) is 0 Å². The average molecular weight is 316 g/mol. The van der Waals surface area contributed by atoms with Crippen LogP contribution in [0.3, 0.4) is 0 Å². The third-order valence-corrected chi connectivity index (χ3v) is 5.13. The van der Waals surface area contributed by atoms with Crippen molar-refractivity contribution in [2.24, 2.45) is 5.92 Å². The van der Waals surface area contributed by atoms with Crippen LogP contribution >= 0.6 is 11.3 Å². The number of likely N-dealkylation sites (N-methyl/N-ethyl adjacent to an activating group) is 1. The standard InChI is InChI=1S/C17H24N4S/c1-12(2)7-17-19-10-16(22-17)15-9-18-8-14(20-15)13-5-4-6-21(3)11-13/h8-10,12-13H,4-7,11H2,1-3H3/t13-/m0/s1. The van der Waals surface area contributed by atoms with E-state index in [0.717, 1.165) is 29.2 Å². The first kappa shape index (κ1) is 15.6. The molecule has 22 heavy (non-hydrogen) atoms. The first-order valence-corrected chi connectivity index (χ1v) is 8.89. The zero-order chi connectivity index (χ0) is 15.5. The van der Waals surface area contributed by atoms with E-state index < -0.39 is 0 Å². The molecule has 0 unspecified atom stereocenters. The second-order valence-electron chi connectivity index (χ2n) is 6.65. The van der Waals surface area contributed by atoms with Crippen LogP contribution in [0, 0.1) is 5.92 Å². The highest BCUT2D eigenvalue weighted by Crippen LogP contribution is 2.29. The molecule has 2 aromatic rings. The highest BCUT2D eigenvalue weighted by atomic mass is 32.1. The lowest BCUT2D eigenvalue weighted by molar-refractivity contribution is 0.248. The Labute approximate surface area is 136 Å². The zero-order valence-electron chi connectivity index (χ0n) is 13.6. The quantitative estimate of drug-likeness (QED) is 0.864. The molecule has 2 aromatic heterocycles. The SMILES string of the molecule is CC(C)Cc1ncc(-c2cncc([C@H]3CCCN(C)C3)n2)s1. The first-order chi connectivity index (χ1) is 10.6. The van der Waals surface area contributed by atoms with Crippen LogP contribution in [-0.4, -0.2) is 40.0 Å². The van der Waals surface area contributed by atoms with E-state index in [0.29, 0.717) is 11.8 Å². The maximum absolute atomic E-state index is 4.87. The normalized spacial score (nSPS) is 19.7. The summed E-state index contributed by atoms with van der Waals surface area (Å²) in [7, 11) is 2.19. The first-order valence-electron chi connectivity index (χ1n) is 8.07. The van der Waals surface area contributed by atoms with Crippen molar-refractivity contribution in [3.63, 3.8) is 0 Å². The zero-order valence-corrected chi connectivity index (χ0v) is 14.4. The minimum Gasteiger partial charge on any atom is -0.306 e. The van der Waals surface area contributed by atoms with Crippen molar-refractivity contribution in [3.05, 3.63) is 29.3 Å². The summed E-state index contributed by atoms with van der Waals surface area (Å²) in [4.78, 5) is 17.4. The minimum atomic E-state index is 0.509. The molecule has 0 aromatic carbocycles. The molecule has 0 bridgehead atoms. The van der Waals surface area contributed by atoms with E-state index in [1.807, 2.05) is 18.6 Å². The van der Waals surface area contributed by atoms with E-state index in [9.17, 15) is 0 Å². The molecular weight excluding hydrogens is 292 g/mol. The fourth-order valence-corrected chi connectivity index (χ4v) is 4.06. The smallest absolute Gasteiger partial charge is 0.100 e. The minimum absolute atomic E-state index is 0.509. The Morgan fingerprint density at radius 2 is 2.18 bits per heavy atom. The van der Waals surface area contributed by atoms with Gasteiger partial charge < -0.3 is 4.90 Å². The highest BCUT2D eigenvalue weighted by Gasteiger charge is 2.21. The molecular formula is C17H24N4S. The van der Waals surface area contributed by atoms with Crippen LogP contribution in [-0.2, 0) is 6.42 Å². The predicted molar refractivity (Wildman–Crippen MR) is 91.2 cm³/mol. The lowest BCUT2D eigenvalue weighted by Gasteiger charge is -2.29. The molecule has 0 radical (unpaired) electrons. The number of rotatable bonds is 4. The third-order valence-electron chi connectivity index (χ3n) is 4.08. The number of hydrogen-bond acceptors (Lipinski definition) is 5. The second-order valence-corrected chi connectivity index (χ2v) is 7.76. The Hall–Kier alpha value is -1.33. The van der Waals surface area contributed by atoms with Crippen LogP contribution in [0.4, 0.5) is 0 Å². The maximum atomic E-state index is 4.87. The Kier molecular flexibility index (Phi) is 4.84. The van der Waals surface area contributed by atoms with Crippen LogP contribution in [0.1, 0.15) is 43.3 Å². The Balaban J connectivity index is 1.80. The molecule has 0 amide bonds. The number of aromatic nitrogens is 3. The van der Waals surface area contributed by atoms with E-state index >= 15 is 0 Å². The van der Waals surface area contributed by atoms with E-state index in [-0.39, 0.29) is 0 Å². The lowest BCUT2D eigenvalue weighted by atomic mass is 9.95. The van der Waals surface area contributed by atoms with Gasteiger partial charge in [-0.3, -0.25) is 4.98 Å². The van der Waals surface area contributed by atoms with Crippen LogP contribution in [0.25, 0.3) is 10.6 Å². The van der Waals surface area contributed by atoms with Crippen LogP contribution < -0.4 is 0 Å². The van der Waals surface area contributed by atoms with Crippen LogP contribution in [0.5, 0.6) is 0 Å². The van der Waals surface area contributed by atoms with Crippen molar-refractivity contribution in [2.75, 3.05) is 20.1 Å². The van der Waals surface area contributed by atoms with Gasteiger partial charge in [0.05, 0.1) is 21.8 Å². The summed E-state index contributed by atoms with van der Waals surface area (Å²) in [5.74, 6) is 1.14. The Morgan fingerprint density at radius 1 is 1.32 bits per heavy atom. The van der Waals surface area contributed by atoms with E-state index in [4.69, 9.17) is 4.98 Å². The van der Waals surface area contributed by atoms with Gasteiger partial charge in [-0.05, 0) is 32.4 Å². The Morgan fingerprint density at radius 3 is 2.95 bits per heavy atom. The molecule has 1 fully saturated rings. The fourth-order valence-electron chi connectivity index (χ4n) is 2.98. The highest BCUT2D eigenvalue weighted by molar-refractivity contribution is 7.15. The fraction of sp³-hybridized carbons (Fsp3) is 0.588. The molecule has 1 aliphatic heterocycles. The van der Waals surface area contributed by atoms with Crippen LogP contribution in [0.15, 0.2) is 18.6 Å². The summed E-state index contributed by atoms with van der Waals surface area (Å²) in [6.07, 6.45) is 9.23. The number of thiazole rings is 1. The van der Waals surface area contributed by atoms with Crippen LogP contribution in [0.2, 0.25) is 0 Å². The molecule has 0 saturated carbocycles. The predicted octanol–water partition coefficient (Wildman–Crippen LogP) is 3.61. The number of hydrogen-bond donors (Lipinski definition) is 0. The van der Waals surface area contributed by atoms with Gasteiger partial charge in [0.2, 0.25) is 0 Å². The molecule has 0 N–H and O–H groups in total. The largest absolute Gasteiger partial charge is 0.306 e. The number of nitrogens with zero attached hydrogens (tertiary/aromatic N) is 4. The van der Waals surface area contributed by atoms with Gasteiger partial charge in [-0.2, -0.15) is 0 Å². The molecule has 3 heterocycles. The van der Waals surface area contributed by atoms with E-state index in [2.05, 4.69) is 35.8 Å². The van der Waals surface area contributed by atoms with Gasteiger partial charge in [0.15, 0.2) is 0 Å². The van der Waals surface area contributed by atoms with Gasteiger partial charge in [-0.1, -0.05) is 13.8 Å². The molecule has 0 spiro atoms. The molecule has 0 aliphatic carbocycles. The molecule has 3 rings (SSSR count). The van der Waals surface area contributed by atoms with Gasteiger partial charge in [0, 0.05) is 31.3 Å². The summed E-state index contributed by atoms with van der Waals surface area (Å²) in [5, 5.41) is 1.19. The number of likely N-dealkylation sites (tertiary alicyclic amines) is 1. The third kappa shape index (κ3) is 3.70. The molecule has 5 heteroatoms. The molecule has 1 atom stereocenters. The summed E-state index contributed by atoms with van der Waals surface area (Å²) in [6, 6.07) is 0. The molecule has 1 aliphatic rings. The average Bonchev–Trinajstić information content (AvgIpc) is 2.95.